The van der Waals surface area contributed by atoms with Gasteiger partial charge in [-0.2, -0.15) is 0 Å². The Morgan fingerprint density at radius 2 is 2.07 bits per heavy atom. The summed E-state index contributed by atoms with van der Waals surface area (Å²) in [5, 5.41) is 3.15. The summed E-state index contributed by atoms with van der Waals surface area (Å²) in [5.41, 5.74) is -0.408. The molecule has 0 radical (unpaired) electrons. The first-order valence-electron chi connectivity index (χ1n) is 4.88. The Labute approximate surface area is 85.5 Å². The van der Waals surface area contributed by atoms with Crippen molar-refractivity contribution < 1.29 is 9.53 Å². The third-order valence-electron chi connectivity index (χ3n) is 2.05. The fourth-order valence-corrected chi connectivity index (χ4v) is 1.08. The van der Waals surface area contributed by atoms with Gasteiger partial charge in [-0.25, -0.2) is 0 Å². The zero-order valence-corrected chi connectivity index (χ0v) is 9.60. The largest absolute Gasteiger partial charge is 0.477 e. The Balaban J connectivity index is 2.68. The van der Waals surface area contributed by atoms with Gasteiger partial charge in [-0.15, -0.1) is 0 Å². The van der Waals surface area contributed by atoms with Crippen LogP contribution in [0.15, 0.2) is 12.0 Å². The highest BCUT2D eigenvalue weighted by atomic mass is 16.5. The van der Waals surface area contributed by atoms with Crippen LogP contribution in [0.2, 0.25) is 0 Å². The van der Waals surface area contributed by atoms with Crippen LogP contribution in [-0.2, 0) is 9.53 Å². The molecular weight excluding hydrogens is 178 g/mol. The summed E-state index contributed by atoms with van der Waals surface area (Å²) in [4.78, 5) is 11.6. The van der Waals surface area contributed by atoms with Crippen LogP contribution < -0.4 is 5.32 Å². The quantitative estimate of drug-likeness (QED) is 0.652. The minimum Gasteiger partial charge on any atom is -0.477 e. The maximum atomic E-state index is 11.6. The zero-order chi connectivity index (χ0) is 11.0. The van der Waals surface area contributed by atoms with Gasteiger partial charge in [0.25, 0.3) is 0 Å². The van der Waals surface area contributed by atoms with Gasteiger partial charge in [0.05, 0.1) is 5.54 Å². The van der Waals surface area contributed by atoms with E-state index < -0.39 is 0 Å². The number of hydrogen-bond acceptors (Lipinski definition) is 3. The van der Waals surface area contributed by atoms with Gasteiger partial charge in [-0.05, 0) is 13.8 Å². The highest BCUT2D eigenvalue weighted by Gasteiger charge is 2.29. The lowest BCUT2D eigenvalue weighted by molar-refractivity contribution is -0.121. The van der Waals surface area contributed by atoms with Gasteiger partial charge < -0.3 is 10.1 Å². The summed E-state index contributed by atoms with van der Waals surface area (Å²) < 4.78 is 5.36. The molecule has 3 heteroatoms. The fourth-order valence-electron chi connectivity index (χ4n) is 1.08. The number of carbonyl (C=O) groups is 1. The molecule has 1 aliphatic heterocycles. The van der Waals surface area contributed by atoms with Crippen molar-refractivity contribution in [2.45, 2.75) is 40.2 Å². The topological polar surface area (TPSA) is 38.3 Å². The first-order chi connectivity index (χ1) is 6.21. The fraction of sp³-hybridized carbons (Fsp3) is 0.727. The van der Waals surface area contributed by atoms with Crippen LogP contribution in [0.4, 0.5) is 0 Å². The van der Waals surface area contributed by atoms with Gasteiger partial charge in [0.2, 0.25) is 0 Å². The van der Waals surface area contributed by atoms with Gasteiger partial charge in [0, 0.05) is 11.5 Å². The lowest BCUT2D eigenvalue weighted by Gasteiger charge is -2.15. The van der Waals surface area contributed by atoms with E-state index in [4.69, 9.17) is 4.74 Å². The Morgan fingerprint density at radius 1 is 1.50 bits per heavy atom. The standard InChI is InChI=1S/C11H19NO2/c1-10(2,3)8(13)6-9-12-11(4,5)7-14-9/h6,12H,7H2,1-5H3/b9-6+. The molecule has 0 amide bonds. The summed E-state index contributed by atoms with van der Waals surface area (Å²) in [6, 6.07) is 0. The van der Waals surface area contributed by atoms with Crippen molar-refractivity contribution in [1.29, 1.82) is 0 Å². The van der Waals surface area contributed by atoms with Gasteiger partial charge in [0.15, 0.2) is 11.7 Å². The molecule has 1 N–H and O–H groups in total. The molecule has 3 nitrogen and oxygen atoms in total. The molecular formula is C11H19NO2. The Hall–Kier alpha value is -0.990. The van der Waals surface area contributed by atoms with Crippen LogP contribution in [0.5, 0.6) is 0 Å². The number of allylic oxidation sites excluding steroid dienone is 1. The van der Waals surface area contributed by atoms with Crippen LogP contribution in [0.25, 0.3) is 0 Å². The second-order valence-corrected chi connectivity index (χ2v) is 5.42. The molecule has 0 aliphatic carbocycles. The second-order valence-electron chi connectivity index (χ2n) is 5.42. The number of ether oxygens (including phenoxy) is 1. The lowest BCUT2D eigenvalue weighted by Crippen LogP contribution is -2.34. The molecule has 14 heavy (non-hydrogen) atoms. The predicted octanol–water partition coefficient (Wildman–Crippen LogP) is 1.84. The van der Waals surface area contributed by atoms with Crippen molar-refractivity contribution in [2.75, 3.05) is 6.61 Å². The van der Waals surface area contributed by atoms with E-state index in [2.05, 4.69) is 5.32 Å². The minimum atomic E-state index is -0.342. The number of rotatable bonds is 1. The molecule has 0 spiro atoms. The molecule has 0 bridgehead atoms. The van der Waals surface area contributed by atoms with Gasteiger partial charge >= 0.3 is 0 Å². The van der Waals surface area contributed by atoms with Crippen LogP contribution >= 0.6 is 0 Å². The van der Waals surface area contributed by atoms with E-state index in [9.17, 15) is 4.79 Å². The van der Waals surface area contributed by atoms with E-state index in [0.717, 1.165) is 0 Å². The average Bonchev–Trinajstić information content (AvgIpc) is 2.28. The predicted molar refractivity (Wildman–Crippen MR) is 55.7 cm³/mol. The molecule has 1 fully saturated rings. The second kappa shape index (κ2) is 3.30. The molecule has 0 atom stereocenters. The molecule has 0 aromatic heterocycles. The summed E-state index contributed by atoms with van der Waals surface area (Å²) >= 11 is 0. The highest BCUT2D eigenvalue weighted by molar-refractivity contribution is 5.94. The number of hydrogen-bond donors (Lipinski definition) is 1. The smallest absolute Gasteiger partial charge is 0.190 e. The zero-order valence-electron chi connectivity index (χ0n) is 9.60. The van der Waals surface area contributed by atoms with Crippen LogP contribution in [-0.4, -0.2) is 17.9 Å². The summed E-state index contributed by atoms with van der Waals surface area (Å²) in [5.74, 6) is 0.674. The van der Waals surface area contributed by atoms with Gasteiger partial charge in [-0.1, -0.05) is 20.8 Å². The van der Waals surface area contributed by atoms with Gasteiger partial charge in [-0.3, -0.25) is 4.79 Å². The molecule has 1 saturated heterocycles. The molecule has 80 valence electrons. The van der Waals surface area contributed by atoms with Crippen molar-refractivity contribution in [1.82, 2.24) is 5.32 Å². The van der Waals surface area contributed by atoms with E-state index >= 15 is 0 Å². The van der Waals surface area contributed by atoms with E-state index in [1.807, 2.05) is 34.6 Å². The van der Waals surface area contributed by atoms with Crippen molar-refractivity contribution in [2.24, 2.45) is 5.41 Å². The van der Waals surface area contributed by atoms with Crippen molar-refractivity contribution in [3.63, 3.8) is 0 Å². The summed E-state index contributed by atoms with van der Waals surface area (Å²) in [7, 11) is 0. The van der Waals surface area contributed by atoms with E-state index in [0.29, 0.717) is 12.5 Å². The van der Waals surface area contributed by atoms with Gasteiger partial charge in [0.1, 0.15) is 6.61 Å². The molecule has 1 heterocycles. The number of nitrogens with one attached hydrogen (secondary N) is 1. The first-order valence-corrected chi connectivity index (χ1v) is 4.88. The molecule has 1 rings (SSSR count). The Morgan fingerprint density at radius 3 is 2.43 bits per heavy atom. The summed E-state index contributed by atoms with van der Waals surface area (Å²) in [6.45, 7) is 10.4. The third kappa shape index (κ3) is 2.76. The normalized spacial score (nSPS) is 23.1. The molecule has 1 aliphatic rings. The Bertz CT molecular complexity index is 272. The molecule has 0 aromatic rings. The SMILES string of the molecule is CC1(C)CO/C(=C/C(=O)C(C)(C)C)N1. The van der Waals surface area contributed by atoms with Crippen molar-refractivity contribution in [3.05, 3.63) is 12.0 Å². The van der Waals surface area contributed by atoms with E-state index in [-0.39, 0.29) is 16.7 Å². The molecule has 0 saturated carbocycles. The van der Waals surface area contributed by atoms with Crippen molar-refractivity contribution in [3.8, 4) is 0 Å². The monoisotopic (exact) mass is 197 g/mol. The first kappa shape index (κ1) is 11.1. The number of ketones is 1. The van der Waals surface area contributed by atoms with E-state index in [1.54, 1.807) is 6.08 Å². The summed E-state index contributed by atoms with van der Waals surface area (Å²) in [6.07, 6.45) is 1.55. The van der Waals surface area contributed by atoms with Crippen LogP contribution in [0, 0.1) is 5.41 Å². The third-order valence-corrected chi connectivity index (χ3v) is 2.05. The maximum absolute atomic E-state index is 11.6. The molecule has 0 aromatic carbocycles. The maximum Gasteiger partial charge on any atom is 0.190 e. The minimum absolute atomic E-state index is 0.0655. The lowest BCUT2D eigenvalue weighted by atomic mass is 9.91. The van der Waals surface area contributed by atoms with Crippen LogP contribution in [0.1, 0.15) is 34.6 Å². The highest BCUT2D eigenvalue weighted by Crippen LogP contribution is 2.20. The van der Waals surface area contributed by atoms with Crippen molar-refractivity contribution >= 4 is 5.78 Å². The average molecular weight is 197 g/mol. The Kier molecular flexibility index (Phi) is 2.61. The van der Waals surface area contributed by atoms with Crippen LogP contribution in [0.3, 0.4) is 0 Å². The van der Waals surface area contributed by atoms with E-state index in [1.165, 1.54) is 0 Å². The number of carbonyl (C=O) groups excluding carboxylic acids is 1. The molecule has 0 unspecified atom stereocenters.